The van der Waals surface area contributed by atoms with E-state index in [4.69, 9.17) is 9.47 Å². The zero-order valence-corrected chi connectivity index (χ0v) is 23.0. The number of nitrogens with one attached hydrogen (secondary N) is 3. The minimum Gasteiger partial charge on any atom is -0.381 e. The molecule has 11 heteroatoms. The first-order valence-electron chi connectivity index (χ1n) is 14.6. The number of ether oxygens (including phenoxy) is 2. The van der Waals surface area contributed by atoms with Gasteiger partial charge in [-0.25, -0.2) is 4.98 Å². The largest absolute Gasteiger partial charge is 0.381 e. The highest BCUT2D eigenvalue weighted by atomic mass is 16.5. The van der Waals surface area contributed by atoms with Gasteiger partial charge in [-0.05, 0) is 56.4 Å². The van der Waals surface area contributed by atoms with E-state index in [0.717, 1.165) is 44.1 Å². The highest BCUT2D eigenvalue weighted by molar-refractivity contribution is 6.07. The topological polar surface area (TPSA) is 136 Å². The van der Waals surface area contributed by atoms with Gasteiger partial charge in [0.2, 0.25) is 11.8 Å². The van der Waals surface area contributed by atoms with Gasteiger partial charge in [0, 0.05) is 50.5 Å². The van der Waals surface area contributed by atoms with Gasteiger partial charge in [-0.15, -0.1) is 0 Å². The fourth-order valence-electron chi connectivity index (χ4n) is 6.74. The van der Waals surface area contributed by atoms with E-state index in [1.165, 1.54) is 0 Å². The maximum absolute atomic E-state index is 13.7. The molecule has 0 bridgehead atoms. The fraction of sp³-hybridized carbons (Fsp3) is 0.621. The second-order valence-electron chi connectivity index (χ2n) is 11.7. The molecule has 2 aromatic heterocycles. The minimum atomic E-state index is -0.718. The van der Waals surface area contributed by atoms with Gasteiger partial charge in [0.05, 0.1) is 17.1 Å². The highest BCUT2D eigenvalue weighted by Gasteiger charge is 2.48. The maximum Gasteiger partial charge on any atom is 0.270 e. The lowest BCUT2D eigenvalue weighted by Crippen LogP contribution is -2.50. The van der Waals surface area contributed by atoms with Crippen molar-refractivity contribution in [1.82, 2.24) is 20.1 Å². The number of aromatic nitrogens is 3. The van der Waals surface area contributed by atoms with Gasteiger partial charge in [0.1, 0.15) is 17.6 Å². The summed E-state index contributed by atoms with van der Waals surface area (Å²) in [6.07, 6.45) is 9.87. The van der Waals surface area contributed by atoms with Crippen LogP contribution in [0.25, 0.3) is 0 Å². The number of pyridine rings is 1. The fourth-order valence-corrected chi connectivity index (χ4v) is 6.74. The van der Waals surface area contributed by atoms with Crippen molar-refractivity contribution < 1.29 is 23.9 Å². The highest BCUT2D eigenvalue weighted by Crippen LogP contribution is 2.44. The standard InChI is InChI=1S/C29H38N6O5/c1-18-2-4-19(5-3-18)25(34-26(36)23-6-11-31-35(23)20-7-12-39-13-8-20)27(37)33-24-16-22-21(17-30-24)29(28(38)32-22)9-14-40-15-10-29/h6,11,16-20,25H,2-5,7-10,12-15H2,1H3,(H,32,38)(H,34,36)(H,30,33,37). The van der Waals surface area contributed by atoms with E-state index in [2.05, 4.69) is 33.0 Å². The second-order valence-corrected chi connectivity index (χ2v) is 11.7. The lowest BCUT2D eigenvalue weighted by atomic mass is 9.76. The molecule has 3 N–H and O–H groups in total. The molecule has 2 aromatic rings. The predicted molar refractivity (Wildman–Crippen MR) is 147 cm³/mol. The first-order valence-corrected chi connectivity index (χ1v) is 14.6. The molecule has 3 amide bonds. The Balaban J connectivity index is 1.21. The van der Waals surface area contributed by atoms with Crippen LogP contribution in [-0.2, 0) is 24.5 Å². The molecule has 1 spiro atoms. The minimum absolute atomic E-state index is 0.0132. The average molecular weight is 551 g/mol. The number of anilines is 2. The first-order chi connectivity index (χ1) is 19.4. The zero-order chi connectivity index (χ0) is 27.7. The summed E-state index contributed by atoms with van der Waals surface area (Å²) in [5.41, 5.74) is 1.36. The Kier molecular flexibility index (Phi) is 7.59. The third-order valence-corrected chi connectivity index (χ3v) is 9.24. The van der Waals surface area contributed by atoms with Gasteiger partial charge in [0.15, 0.2) is 0 Å². The number of amides is 3. The van der Waals surface area contributed by atoms with Gasteiger partial charge in [-0.2, -0.15) is 5.10 Å². The molecule has 1 saturated carbocycles. The molecule has 214 valence electrons. The number of rotatable bonds is 6. The third-order valence-electron chi connectivity index (χ3n) is 9.24. The molecule has 3 fully saturated rings. The summed E-state index contributed by atoms with van der Waals surface area (Å²) in [4.78, 5) is 44.7. The van der Waals surface area contributed by atoms with Crippen LogP contribution >= 0.6 is 0 Å². The molecule has 0 radical (unpaired) electrons. The monoisotopic (exact) mass is 550 g/mol. The van der Waals surface area contributed by atoms with Gasteiger partial charge < -0.3 is 25.4 Å². The van der Waals surface area contributed by atoms with Crippen LogP contribution < -0.4 is 16.0 Å². The summed E-state index contributed by atoms with van der Waals surface area (Å²) in [5, 5.41) is 13.4. The molecule has 40 heavy (non-hydrogen) atoms. The van der Waals surface area contributed by atoms with Gasteiger partial charge in [-0.3, -0.25) is 19.1 Å². The Hall–Kier alpha value is -3.31. The summed E-state index contributed by atoms with van der Waals surface area (Å²) in [7, 11) is 0. The summed E-state index contributed by atoms with van der Waals surface area (Å²) in [5.74, 6) is 0.313. The molecule has 2 saturated heterocycles. The molecule has 3 aliphatic heterocycles. The molecule has 1 atom stereocenters. The van der Waals surface area contributed by atoms with Crippen LogP contribution in [0.15, 0.2) is 24.5 Å². The van der Waals surface area contributed by atoms with Crippen LogP contribution in [-0.4, -0.2) is 65.0 Å². The van der Waals surface area contributed by atoms with Gasteiger partial charge >= 0.3 is 0 Å². The van der Waals surface area contributed by atoms with Crippen molar-refractivity contribution in [3.63, 3.8) is 0 Å². The second kappa shape index (κ2) is 11.3. The molecule has 6 rings (SSSR count). The number of hydrogen-bond acceptors (Lipinski definition) is 7. The Morgan fingerprint density at radius 3 is 2.55 bits per heavy atom. The molecule has 11 nitrogen and oxygen atoms in total. The number of carbonyl (C=O) groups excluding carboxylic acids is 3. The summed E-state index contributed by atoms with van der Waals surface area (Å²) >= 11 is 0. The van der Waals surface area contributed by atoms with E-state index in [9.17, 15) is 14.4 Å². The number of fused-ring (bicyclic) bond motifs is 2. The molecule has 0 aromatic carbocycles. The smallest absolute Gasteiger partial charge is 0.270 e. The van der Waals surface area contributed by atoms with Crippen molar-refractivity contribution in [2.24, 2.45) is 11.8 Å². The average Bonchev–Trinajstić information content (AvgIpc) is 3.56. The van der Waals surface area contributed by atoms with Crippen LogP contribution in [0.3, 0.4) is 0 Å². The van der Waals surface area contributed by atoms with E-state index >= 15 is 0 Å². The lowest BCUT2D eigenvalue weighted by Gasteiger charge is -2.32. The van der Waals surface area contributed by atoms with Crippen LogP contribution in [0.4, 0.5) is 11.5 Å². The number of carbonyl (C=O) groups is 3. The number of hydrogen-bond donors (Lipinski definition) is 3. The molecule has 1 aliphatic carbocycles. The molecule has 5 heterocycles. The first kappa shape index (κ1) is 26.9. The van der Waals surface area contributed by atoms with Crippen molar-refractivity contribution >= 4 is 29.2 Å². The van der Waals surface area contributed by atoms with Crippen molar-refractivity contribution in [3.05, 3.63) is 35.8 Å². The summed E-state index contributed by atoms with van der Waals surface area (Å²) in [6, 6.07) is 2.80. The van der Waals surface area contributed by atoms with E-state index in [1.54, 1.807) is 29.2 Å². The van der Waals surface area contributed by atoms with Crippen LogP contribution in [0.2, 0.25) is 0 Å². The van der Waals surface area contributed by atoms with E-state index in [-0.39, 0.29) is 29.7 Å². The van der Waals surface area contributed by atoms with Crippen LogP contribution in [0, 0.1) is 11.8 Å². The maximum atomic E-state index is 13.7. The van der Waals surface area contributed by atoms with Gasteiger partial charge in [-0.1, -0.05) is 19.8 Å². The van der Waals surface area contributed by atoms with Crippen molar-refractivity contribution in [1.29, 1.82) is 0 Å². The SMILES string of the molecule is CC1CCC(C(NC(=O)c2ccnn2C2CCOCC2)C(=O)Nc2cc3c(cn2)C2(CCOCC2)C(=O)N3)CC1. The molecule has 4 aliphatic rings. The molecular formula is C29H38N6O5. The zero-order valence-electron chi connectivity index (χ0n) is 23.0. The van der Waals surface area contributed by atoms with Gasteiger partial charge in [0.25, 0.3) is 5.91 Å². The Labute approximate surface area is 233 Å². The van der Waals surface area contributed by atoms with E-state index in [1.807, 2.05) is 0 Å². The predicted octanol–water partition coefficient (Wildman–Crippen LogP) is 3.19. The Morgan fingerprint density at radius 2 is 1.80 bits per heavy atom. The Bertz CT molecular complexity index is 1260. The lowest BCUT2D eigenvalue weighted by molar-refractivity contribution is -0.124. The van der Waals surface area contributed by atoms with E-state index < -0.39 is 11.5 Å². The summed E-state index contributed by atoms with van der Waals surface area (Å²) < 4.78 is 12.7. The van der Waals surface area contributed by atoms with Crippen molar-refractivity contribution in [3.8, 4) is 0 Å². The Morgan fingerprint density at radius 1 is 1.07 bits per heavy atom. The van der Waals surface area contributed by atoms with Crippen LogP contribution in [0.1, 0.15) is 80.4 Å². The normalized spacial score (nSPS) is 25.2. The summed E-state index contributed by atoms with van der Waals surface area (Å²) in [6.45, 7) is 4.56. The van der Waals surface area contributed by atoms with Crippen molar-refractivity contribution in [2.45, 2.75) is 75.8 Å². The molecular weight excluding hydrogens is 512 g/mol. The third kappa shape index (κ3) is 5.12. The quantitative estimate of drug-likeness (QED) is 0.502. The van der Waals surface area contributed by atoms with Crippen LogP contribution in [0.5, 0.6) is 0 Å². The van der Waals surface area contributed by atoms with E-state index in [0.29, 0.717) is 62.4 Å². The molecule has 1 unspecified atom stereocenters. The number of nitrogens with zero attached hydrogens (tertiary/aromatic N) is 3. The van der Waals surface area contributed by atoms with Crippen molar-refractivity contribution in [2.75, 3.05) is 37.1 Å².